The second-order valence-electron chi connectivity index (χ2n) is 4.89. The van der Waals surface area contributed by atoms with Gasteiger partial charge in [0.05, 0.1) is 11.4 Å². The summed E-state index contributed by atoms with van der Waals surface area (Å²) in [5.41, 5.74) is 1.10. The number of hydrogen-bond acceptors (Lipinski definition) is 5. The number of aryl methyl sites for hydroxylation is 1. The highest BCUT2D eigenvalue weighted by molar-refractivity contribution is 7.13. The van der Waals surface area contributed by atoms with Gasteiger partial charge >= 0.3 is 0 Å². The molecule has 3 nitrogen and oxygen atoms in total. The Hall–Kier alpha value is -1.47. The number of aliphatic hydroxyl groups is 1. The number of aliphatic hydroxyl groups excluding tert-OH is 1. The van der Waals surface area contributed by atoms with Crippen LogP contribution in [0.5, 0.6) is 0 Å². The highest BCUT2D eigenvalue weighted by atomic mass is 32.1. The van der Waals surface area contributed by atoms with Gasteiger partial charge in [-0.3, -0.25) is 4.79 Å². The van der Waals surface area contributed by atoms with E-state index in [-0.39, 0.29) is 5.91 Å². The smallest absolute Gasteiger partial charge is 0.261 e. The second-order valence-corrected chi connectivity index (χ2v) is 7.98. The standard InChI is InChI=1S/C16H15NO2S3/c1-10-7-14(21-9-10)16(19)17-8-11-4-5-13(22-11)15(18)12-3-2-6-20-12/h2-7,9,15,18H,8H2,1H3,(H,17,19)/t15-/m0/s1. The van der Waals surface area contributed by atoms with Gasteiger partial charge in [-0.15, -0.1) is 34.0 Å². The lowest BCUT2D eigenvalue weighted by Crippen LogP contribution is -2.21. The fourth-order valence-corrected chi connectivity index (χ4v) is 4.60. The summed E-state index contributed by atoms with van der Waals surface area (Å²) in [6, 6.07) is 9.62. The molecule has 0 fully saturated rings. The maximum atomic E-state index is 12.0. The van der Waals surface area contributed by atoms with Gasteiger partial charge in [0.1, 0.15) is 6.10 Å². The molecule has 0 aliphatic carbocycles. The molecule has 6 heteroatoms. The van der Waals surface area contributed by atoms with Crippen LogP contribution in [-0.4, -0.2) is 11.0 Å². The molecule has 3 heterocycles. The van der Waals surface area contributed by atoms with Gasteiger partial charge in [0.15, 0.2) is 0 Å². The van der Waals surface area contributed by atoms with E-state index in [1.807, 2.05) is 48.0 Å². The lowest BCUT2D eigenvalue weighted by molar-refractivity contribution is 0.0955. The molecule has 1 amide bonds. The Labute approximate surface area is 140 Å². The average molecular weight is 350 g/mol. The molecule has 0 aromatic carbocycles. The van der Waals surface area contributed by atoms with Crippen LogP contribution in [0.3, 0.4) is 0 Å². The van der Waals surface area contributed by atoms with E-state index in [1.54, 1.807) is 11.3 Å². The van der Waals surface area contributed by atoms with Gasteiger partial charge in [-0.1, -0.05) is 6.07 Å². The zero-order chi connectivity index (χ0) is 15.5. The Morgan fingerprint density at radius 1 is 1.27 bits per heavy atom. The van der Waals surface area contributed by atoms with Crippen LogP contribution in [0.4, 0.5) is 0 Å². The number of carbonyl (C=O) groups excluding carboxylic acids is 1. The molecular formula is C16H15NO2S3. The zero-order valence-corrected chi connectivity index (χ0v) is 14.4. The van der Waals surface area contributed by atoms with Gasteiger partial charge in [-0.2, -0.15) is 0 Å². The van der Waals surface area contributed by atoms with E-state index in [2.05, 4.69) is 5.32 Å². The third-order valence-electron chi connectivity index (χ3n) is 3.14. The van der Waals surface area contributed by atoms with E-state index in [0.717, 1.165) is 25.1 Å². The van der Waals surface area contributed by atoms with E-state index in [9.17, 15) is 9.90 Å². The molecule has 0 saturated heterocycles. The van der Waals surface area contributed by atoms with Gasteiger partial charge in [-0.25, -0.2) is 0 Å². The van der Waals surface area contributed by atoms with Crippen LogP contribution in [0.15, 0.2) is 41.1 Å². The quantitative estimate of drug-likeness (QED) is 0.725. The van der Waals surface area contributed by atoms with Gasteiger partial charge in [0.2, 0.25) is 0 Å². The Balaban J connectivity index is 1.61. The first kappa shape index (κ1) is 15.4. The largest absolute Gasteiger partial charge is 0.382 e. The van der Waals surface area contributed by atoms with Crippen LogP contribution in [0.2, 0.25) is 0 Å². The van der Waals surface area contributed by atoms with Crippen LogP contribution >= 0.6 is 34.0 Å². The molecule has 22 heavy (non-hydrogen) atoms. The zero-order valence-electron chi connectivity index (χ0n) is 11.9. The highest BCUT2D eigenvalue weighted by Crippen LogP contribution is 2.30. The summed E-state index contributed by atoms with van der Waals surface area (Å²) in [5.74, 6) is -0.0492. The second kappa shape index (κ2) is 6.75. The van der Waals surface area contributed by atoms with Crippen molar-refractivity contribution in [2.45, 2.75) is 19.6 Å². The minimum Gasteiger partial charge on any atom is -0.382 e. The Kier molecular flexibility index (Phi) is 4.73. The molecule has 0 unspecified atom stereocenters. The molecule has 2 N–H and O–H groups in total. The van der Waals surface area contributed by atoms with Crippen LogP contribution < -0.4 is 5.32 Å². The summed E-state index contributed by atoms with van der Waals surface area (Å²) in [6.45, 7) is 2.46. The predicted octanol–water partition coefficient (Wildman–Crippen LogP) is 4.19. The van der Waals surface area contributed by atoms with E-state index in [4.69, 9.17) is 0 Å². The number of rotatable bonds is 5. The lowest BCUT2D eigenvalue weighted by Gasteiger charge is -2.05. The fourth-order valence-electron chi connectivity index (χ4n) is 2.03. The molecule has 0 bridgehead atoms. The summed E-state index contributed by atoms with van der Waals surface area (Å²) in [5, 5.41) is 17.1. The van der Waals surface area contributed by atoms with Crippen molar-refractivity contribution >= 4 is 39.9 Å². The van der Waals surface area contributed by atoms with Crippen molar-refractivity contribution in [1.29, 1.82) is 0 Å². The molecule has 1 atom stereocenters. The third kappa shape index (κ3) is 3.47. The highest BCUT2D eigenvalue weighted by Gasteiger charge is 2.14. The molecular weight excluding hydrogens is 334 g/mol. The van der Waals surface area contributed by atoms with E-state index in [0.29, 0.717) is 6.54 Å². The van der Waals surface area contributed by atoms with Gasteiger partial charge in [0, 0.05) is 14.6 Å². The Bertz CT molecular complexity index is 758. The van der Waals surface area contributed by atoms with Crippen molar-refractivity contribution in [1.82, 2.24) is 5.32 Å². The van der Waals surface area contributed by atoms with Crippen molar-refractivity contribution in [3.63, 3.8) is 0 Å². The summed E-state index contributed by atoms with van der Waals surface area (Å²) >= 11 is 4.52. The van der Waals surface area contributed by atoms with Gasteiger partial charge in [-0.05, 0) is 47.5 Å². The van der Waals surface area contributed by atoms with Gasteiger partial charge in [0.25, 0.3) is 5.91 Å². The van der Waals surface area contributed by atoms with E-state index >= 15 is 0 Å². The predicted molar refractivity (Wildman–Crippen MR) is 92.9 cm³/mol. The van der Waals surface area contributed by atoms with E-state index < -0.39 is 6.10 Å². The molecule has 114 valence electrons. The normalized spacial score (nSPS) is 12.3. The summed E-state index contributed by atoms with van der Waals surface area (Å²) in [7, 11) is 0. The molecule has 0 aliphatic rings. The first-order chi connectivity index (χ1) is 10.6. The number of nitrogens with one attached hydrogen (secondary N) is 1. The minimum absolute atomic E-state index is 0.0492. The SMILES string of the molecule is Cc1csc(C(=O)NCc2ccc([C@@H](O)c3cccs3)s2)c1. The molecule has 0 saturated carbocycles. The number of hydrogen-bond donors (Lipinski definition) is 2. The molecule has 0 aliphatic heterocycles. The maximum absolute atomic E-state index is 12.0. The third-order valence-corrected chi connectivity index (χ3v) is 6.25. The molecule has 0 spiro atoms. The Morgan fingerprint density at radius 3 is 2.82 bits per heavy atom. The van der Waals surface area contributed by atoms with Crippen LogP contribution in [0.25, 0.3) is 0 Å². The van der Waals surface area contributed by atoms with E-state index in [1.165, 1.54) is 22.7 Å². The van der Waals surface area contributed by atoms with Crippen LogP contribution in [-0.2, 0) is 6.54 Å². The summed E-state index contributed by atoms with van der Waals surface area (Å²) < 4.78 is 0. The van der Waals surface area contributed by atoms with Gasteiger partial charge < -0.3 is 10.4 Å². The molecule has 3 aromatic heterocycles. The first-order valence-corrected chi connectivity index (χ1v) is 9.34. The fraction of sp³-hybridized carbons (Fsp3) is 0.188. The topological polar surface area (TPSA) is 49.3 Å². The van der Waals surface area contributed by atoms with Crippen molar-refractivity contribution < 1.29 is 9.90 Å². The maximum Gasteiger partial charge on any atom is 0.261 e. The number of amides is 1. The summed E-state index contributed by atoms with van der Waals surface area (Å²) in [6.07, 6.45) is -0.575. The monoisotopic (exact) mass is 349 g/mol. The van der Waals surface area contributed by atoms with Crippen molar-refractivity contribution in [2.24, 2.45) is 0 Å². The number of carbonyl (C=O) groups is 1. The van der Waals surface area contributed by atoms with Crippen LogP contribution in [0, 0.1) is 6.92 Å². The molecule has 3 aromatic rings. The Morgan fingerprint density at radius 2 is 2.14 bits per heavy atom. The minimum atomic E-state index is -0.575. The number of thiophene rings is 3. The van der Waals surface area contributed by atoms with Crippen molar-refractivity contribution in [3.05, 3.63) is 66.2 Å². The lowest BCUT2D eigenvalue weighted by atomic mass is 10.2. The average Bonchev–Trinajstić information content (AvgIpc) is 3.25. The summed E-state index contributed by atoms with van der Waals surface area (Å²) in [4.78, 5) is 15.6. The molecule has 3 rings (SSSR count). The van der Waals surface area contributed by atoms with Crippen LogP contribution in [0.1, 0.15) is 36.0 Å². The van der Waals surface area contributed by atoms with Crippen molar-refractivity contribution in [3.8, 4) is 0 Å². The first-order valence-electron chi connectivity index (χ1n) is 6.77. The van der Waals surface area contributed by atoms with Crippen molar-refractivity contribution in [2.75, 3.05) is 0 Å². The molecule has 0 radical (unpaired) electrons.